The summed E-state index contributed by atoms with van der Waals surface area (Å²) >= 11 is 1.48. The Morgan fingerprint density at radius 1 is 1.11 bits per heavy atom. The molecule has 0 bridgehead atoms. The van der Waals surface area contributed by atoms with Gasteiger partial charge in [0.25, 0.3) is 5.91 Å². The van der Waals surface area contributed by atoms with Crippen LogP contribution in [0.1, 0.15) is 45.9 Å². The summed E-state index contributed by atoms with van der Waals surface area (Å²) < 4.78 is 0. The summed E-state index contributed by atoms with van der Waals surface area (Å²) in [6.45, 7) is 6.64. The molecule has 1 aromatic carbocycles. The van der Waals surface area contributed by atoms with Crippen LogP contribution in [-0.4, -0.2) is 35.5 Å². The first-order chi connectivity index (χ1) is 13.6. The van der Waals surface area contributed by atoms with Gasteiger partial charge in [0.15, 0.2) is 0 Å². The lowest BCUT2D eigenvalue weighted by atomic mass is 10.1. The summed E-state index contributed by atoms with van der Waals surface area (Å²) in [6.07, 6.45) is 4.50. The molecule has 146 valence electrons. The predicted octanol–water partition coefficient (Wildman–Crippen LogP) is 4.27. The molecule has 3 heterocycles. The number of fused-ring (bicyclic) bond motifs is 1. The van der Waals surface area contributed by atoms with Gasteiger partial charge in [-0.25, -0.2) is 9.97 Å². The number of thiophene rings is 1. The summed E-state index contributed by atoms with van der Waals surface area (Å²) in [5, 5.41) is 4.12. The first-order valence-corrected chi connectivity index (χ1v) is 10.8. The number of hydrogen-bond donors (Lipinski definition) is 1. The Bertz CT molecular complexity index is 977. The first kappa shape index (κ1) is 18.9. The molecule has 28 heavy (non-hydrogen) atoms. The number of nitrogens with one attached hydrogen (secondary N) is 1. The van der Waals surface area contributed by atoms with Crippen LogP contribution in [0, 0.1) is 13.8 Å². The first-order valence-electron chi connectivity index (χ1n) is 9.98. The molecule has 0 saturated carbocycles. The molecule has 1 amide bonds. The third-order valence-corrected chi connectivity index (χ3v) is 6.47. The van der Waals surface area contributed by atoms with E-state index in [1.54, 1.807) is 0 Å². The van der Waals surface area contributed by atoms with E-state index >= 15 is 0 Å². The highest BCUT2D eigenvalue weighted by atomic mass is 32.1. The Morgan fingerprint density at radius 3 is 2.61 bits per heavy atom. The van der Waals surface area contributed by atoms with Crippen LogP contribution < -0.4 is 10.2 Å². The maximum Gasteiger partial charge on any atom is 0.261 e. The quantitative estimate of drug-likeness (QED) is 0.702. The lowest BCUT2D eigenvalue weighted by Gasteiger charge is -2.28. The SMILES string of the molecule is Cc1nc(N2CCCCC2)c2c(C)c(C(=O)NCCc3ccccc3)sc2n1. The molecule has 0 spiro atoms. The molecule has 1 aliphatic rings. The average Bonchev–Trinajstić information content (AvgIpc) is 3.05. The summed E-state index contributed by atoms with van der Waals surface area (Å²) in [4.78, 5) is 26.2. The number of aryl methyl sites for hydroxylation is 2. The normalized spacial score (nSPS) is 14.4. The van der Waals surface area contributed by atoms with E-state index in [1.165, 1.54) is 36.2 Å². The molecule has 0 aliphatic carbocycles. The molecule has 2 aromatic heterocycles. The lowest BCUT2D eigenvalue weighted by molar-refractivity contribution is 0.0957. The fourth-order valence-electron chi connectivity index (χ4n) is 3.82. The van der Waals surface area contributed by atoms with Gasteiger partial charge in [-0.05, 0) is 50.7 Å². The van der Waals surface area contributed by atoms with Gasteiger partial charge in [0.1, 0.15) is 16.5 Å². The van der Waals surface area contributed by atoms with Gasteiger partial charge < -0.3 is 10.2 Å². The number of piperidine rings is 1. The van der Waals surface area contributed by atoms with Crippen LogP contribution in [0.25, 0.3) is 10.2 Å². The van der Waals surface area contributed by atoms with Gasteiger partial charge in [-0.3, -0.25) is 4.79 Å². The lowest BCUT2D eigenvalue weighted by Crippen LogP contribution is -2.30. The number of benzene rings is 1. The highest BCUT2D eigenvalue weighted by Crippen LogP contribution is 2.36. The van der Waals surface area contributed by atoms with E-state index in [0.717, 1.165) is 51.8 Å². The third kappa shape index (κ3) is 3.87. The largest absolute Gasteiger partial charge is 0.356 e. The second-order valence-electron chi connectivity index (χ2n) is 7.37. The van der Waals surface area contributed by atoms with Crippen molar-refractivity contribution < 1.29 is 4.79 Å². The minimum Gasteiger partial charge on any atom is -0.356 e. The molecule has 1 aliphatic heterocycles. The van der Waals surface area contributed by atoms with Crippen molar-refractivity contribution in [1.82, 2.24) is 15.3 Å². The van der Waals surface area contributed by atoms with Crippen molar-refractivity contribution in [2.24, 2.45) is 0 Å². The number of rotatable bonds is 5. The predicted molar refractivity (Wildman–Crippen MR) is 115 cm³/mol. The van der Waals surface area contributed by atoms with Crippen molar-refractivity contribution >= 4 is 33.3 Å². The number of carbonyl (C=O) groups is 1. The molecule has 0 unspecified atom stereocenters. The fourth-order valence-corrected chi connectivity index (χ4v) is 4.96. The van der Waals surface area contributed by atoms with Gasteiger partial charge in [0, 0.05) is 19.6 Å². The van der Waals surface area contributed by atoms with Crippen LogP contribution in [0.3, 0.4) is 0 Å². The fraction of sp³-hybridized carbons (Fsp3) is 0.409. The number of anilines is 1. The molecule has 0 radical (unpaired) electrons. The molecule has 4 rings (SSSR count). The van der Waals surface area contributed by atoms with Crippen LogP contribution in [0.4, 0.5) is 5.82 Å². The van der Waals surface area contributed by atoms with Crippen LogP contribution in [0.15, 0.2) is 30.3 Å². The zero-order valence-electron chi connectivity index (χ0n) is 16.5. The van der Waals surface area contributed by atoms with Crippen molar-refractivity contribution in [3.63, 3.8) is 0 Å². The van der Waals surface area contributed by atoms with E-state index in [9.17, 15) is 4.79 Å². The Hall–Kier alpha value is -2.47. The summed E-state index contributed by atoms with van der Waals surface area (Å²) in [7, 11) is 0. The number of amides is 1. The van der Waals surface area contributed by atoms with E-state index in [4.69, 9.17) is 4.98 Å². The number of nitrogens with zero attached hydrogens (tertiary/aromatic N) is 3. The van der Waals surface area contributed by atoms with Crippen molar-refractivity contribution in [2.75, 3.05) is 24.5 Å². The highest BCUT2D eigenvalue weighted by molar-refractivity contribution is 7.20. The Morgan fingerprint density at radius 2 is 1.86 bits per heavy atom. The molecule has 6 heteroatoms. The summed E-state index contributed by atoms with van der Waals surface area (Å²) in [5.41, 5.74) is 2.22. The molecular weight excluding hydrogens is 368 g/mol. The average molecular weight is 395 g/mol. The van der Waals surface area contributed by atoms with Crippen molar-refractivity contribution in [3.05, 3.63) is 52.2 Å². The van der Waals surface area contributed by atoms with Gasteiger partial charge in [-0.2, -0.15) is 0 Å². The van der Waals surface area contributed by atoms with E-state index in [2.05, 4.69) is 27.3 Å². The van der Waals surface area contributed by atoms with Crippen molar-refractivity contribution in [1.29, 1.82) is 0 Å². The standard InChI is InChI=1S/C22H26N4OS/c1-15-18-20(26-13-7-4-8-14-26)24-16(2)25-22(18)28-19(15)21(27)23-12-11-17-9-5-3-6-10-17/h3,5-6,9-10H,4,7-8,11-14H2,1-2H3,(H,23,27). The highest BCUT2D eigenvalue weighted by Gasteiger charge is 2.23. The summed E-state index contributed by atoms with van der Waals surface area (Å²) in [6, 6.07) is 10.2. The zero-order valence-corrected chi connectivity index (χ0v) is 17.3. The minimum atomic E-state index is -0.0151. The smallest absolute Gasteiger partial charge is 0.261 e. The maximum atomic E-state index is 12.8. The topological polar surface area (TPSA) is 58.1 Å². The molecule has 3 aromatic rings. The van der Waals surface area contributed by atoms with E-state index < -0.39 is 0 Å². The molecule has 0 atom stereocenters. The number of hydrogen-bond acceptors (Lipinski definition) is 5. The monoisotopic (exact) mass is 394 g/mol. The van der Waals surface area contributed by atoms with Gasteiger partial charge in [0.2, 0.25) is 0 Å². The van der Waals surface area contributed by atoms with E-state index in [1.807, 2.05) is 32.0 Å². The number of aromatic nitrogens is 2. The molecule has 1 N–H and O–H groups in total. The van der Waals surface area contributed by atoms with Gasteiger partial charge in [-0.1, -0.05) is 30.3 Å². The second-order valence-corrected chi connectivity index (χ2v) is 8.37. The Balaban J connectivity index is 1.57. The molecule has 1 saturated heterocycles. The zero-order chi connectivity index (χ0) is 19.5. The Labute approximate surface area is 169 Å². The van der Waals surface area contributed by atoms with Crippen LogP contribution in [-0.2, 0) is 6.42 Å². The van der Waals surface area contributed by atoms with Gasteiger partial charge >= 0.3 is 0 Å². The van der Waals surface area contributed by atoms with Gasteiger partial charge in [0.05, 0.1) is 10.3 Å². The van der Waals surface area contributed by atoms with Crippen LogP contribution >= 0.6 is 11.3 Å². The van der Waals surface area contributed by atoms with Crippen LogP contribution in [0.5, 0.6) is 0 Å². The summed E-state index contributed by atoms with van der Waals surface area (Å²) in [5.74, 6) is 1.75. The molecule has 1 fully saturated rings. The van der Waals surface area contributed by atoms with Gasteiger partial charge in [-0.15, -0.1) is 11.3 Å². The third-order valence-electron chi connectivity index (χ3n) is 5.29. The Kier molecular flexibility index (Phi) is 5.57. The molecule has 5 nitrogen and oxygen atoms in total. The maximum absolute atomic E-state index is 12.8. The molecular formula is C22H26N4OS. The minimum absolute atomic E-state index is 0.0151. The van der Waals surface area contributed by atoms with E-state index in [-0.39, 0.29) is 5.91 Å². The van der Waals surface area contributed by atoms with E-state index in [0.29, 0.717) is 6.54 Å². The van der Waals surface area contributed by atoms with Crippen LogP contribution in [0.2, 0.25) is 0 Å². The van der Waals surface area contributed by atoms with Crippen molar-refractivity contribution in [2.45, 2.75) is 39.5 Å². The number of carbonyl (C=O) groups excluding carboxylic acids is 1. The second kappa shape index (κ2) is 8.27. The van der Waals surface area contributed by atoms with Crippen molar-refractivity contribution in [3.8, 4) is 0 Å².